The largest absolute Gasteiger partial charge is 0.311 e. The molecule has 120 valence electrons. The van der Waals surface area contributed by atoms with Gasteiger partial charge in [0.05, 0.1) is 15.7 Å². The van der Waals surface area contributed by atoms with Gasteiger partial charge in [-0.25, -0.2) is 0 Å². The van der Waals surface area contributed by atoms with Crippen molar-refractivity contribution < 1.29 is 4.79 Å². The van der Waals surface area contributed by atoms with Crippen molar-refractivity contribution in [3.05, 3.63) is 31.9 Å². The minimum Gasteiger partial charge on any atom is -0.311 e. The summed E-state index contributed by atoms with van der Waals surface area (Å²) >= 11 is 4.94. The second-order valence-corrected chi connectivity index (χ2v) is 7.89. The number of fused-ring (bicyclic) bond motifs is 1. The molecule has 3 rings (SSSR count). The topological polar surface area (TPSA) is 70.7 Å². The molecule has 0 saturated carbocycles. The Morgan fingerprint density at radius 2 is 2.30 bits per heavy atom. The van der Waals surface area contributed by atoms with Gasteiger partial charge in [-0.2, -0.15) is 10.4 Å². The number of hydrogen-bond acceptors (Lipinski definition) is 4. The van der Waals surface area contributed by atoms with Crippen molar-refractivity contribution in [3.8, 4) is 6.07 Å². The Labute approximate surface area is 147 Å². The van der Waals surface area contributed by atoms with E-state index in [0.717, 1.165) is 30.5 Å². The zero-order chi connectivity index (χ0) is 16.7. The summed E-state index contributed by atoms with van der Waals surface area (Å²) in [6.07, 6.45) is 2.99. The van der Waals surface area contributed by atoms with E-state index in [2.05, 4.69) is 39.3 Å². The minimum atomic E-state index is -0.288. The third-order valence-corrected chi connectivity index (χ3v) is 6.45. The van der Waals surface area contributed by atoms with Crippen molar-refractivity contribution >= 4 is 38.2 Å². The first-order chi connectivity index (χ1) is 10.9. The van der Waals surface area contributed by atoms with E-state index in [0.29, 0.717) is 26.6 Å². The number of anilines is 1. The van der Waals surface area contributed by atoms with Crippen LogP contribution in [0.1, 0.15) is 45.5 Å². The maximum absolute atomic E-state index is 12.5. The maximum atomic E-state index is 12.5. The molecule has 5 nitrogen and oxygen atoms in total. The molecule has 2 heterocycles. The first kappa shape index (κ1) is 16.2. The van der Waals surface area contributed by atoms with Crippen LogP contribution in [0.3, 0.4) is 0 Å². The Hall–Kier alpha value is -1.65. The zero-order valence-corrected chi connectivity index (χ0v) is 15.6. The summed E-state index contributed by atoms with van der Waals surface area (Å²) in [5.74, 6) is 0.340. The van der Waals surface area contributed by atoms with E-state index in [-0.39, 0.29) is 5.91 Å². The Kier molecular flexibility index (Phi) is 4.30. The van der Waals surface area contributed by atoms with Gasteiger partial charge in [0.2, 0.25) is 0 Å². The molecule has 0 fully saturated rings. The molecule has 1 aliphatic carbocycles. The first-order valence-electron chi connectivity index (χ1n) is 7.47. The van der Waals surface area contributed by atoms with Crippen molar-refractivity contribution in [1.82, 2.24) is 9.78 Å². The zero-order valence-electron chi connectivity index (χ0n) is 13.2. The van der Waals surface area contributed by atoms with Crippen molar-refractivity contribution in [2.75, 3.05) is 5.32 Å². The highest BCUT2D eigenvalue weighted by Gasteiger charge is 2.26. The van der Waals surface area contributed by atoms with Crippen LogP contribution in [0.5, 0.6) is 0 Å². The fourth-order valence-electron chi connectivity index (χ4n) is 2.85. The van der Waals surface area contributed by atoms with Crippen LogP contribution in [0.2, 0.25) is 0 Å². The Balaban J connectivity index is 1.93. The monoisotopic (exact) mass is 392 g/mol. The normalized spacial score (nSPS) is 16.7. The van der Waals surface area contributed by atoms with Gasteiger partial charge in [-0.1, -0.05) is 6.92 Å². The highest BCUT2D eigenvalue weighted by Crippen LogP contribution is 2.39. The summed E-state index contributed by atoms with van der Waals surface area (Å²) in [4.78, 5) is 13.8. The van der Waals surface area contributed by atoms with Crippen LogP contribution in [0.25, 0.3) is 0 Å². The Morgan fingerprint density at radius 3 is 2.91 bits per heavy atom. The molecule has 0 spiro atoms. The minimum absolute atomic E-state index is 0.288. The summed E-state index contributed by atoms with van der Waals surface area (Å²) in [5, 5.41) is 17.3. The lowest BCUT2D eigenvalue weighted by atomic mass is 9.89. The van der Waals surface area contributed by atoms with Gasteiger partial charge in [0.25, 0.3) is 5.91 Å². The molecule has 0 unspecified atom stereocenters. The van der Waals surface area contributed by atoms with E-state index in [1.807, 2.05) is 6.92 Å². The number of hydrogen-bond donors (Lipinski definition) is 1. The van der Waals surface area contributed by atoms with E-state index in [4.69, 9.17) is 0 Å². The lowest BCUT2D eigenvalue weighted by molar-refractivity contribution is 0.102. The van der Waals surface area contributed by atoms with Gasteiger partial charge in [-0.3, -0.25) is 9.48 Å². The summed E-state index contributed by atoms with van der Waals surface area (Å²) in [7, 11) is 1.79. The molecule has 2 aromatic heterocycles. The van der Waals surface area contributed by atoms with Gasteiger partial charge in [0, 0.05) is 11.9 Å². The molecular weight excluding hydrogens is 376 g/mol. The number of amides is 1. The van der Waals surface area contributed by atoms with Crippen molar-refractivity contribution in [2.24, 2.45) is 13.0 Å². The van der Waals surface area contributed by atoms with Crippen molar-refractivity contribution in [3.63, 3.8) is 0 Å². The quantitative estimate of drug-likeness (QED) is 0.844. The number of rotatable bonds is 2. The fraction of sp³-hybridized carbons (Fsp3) is 0.438. The SMILES string of the molecule is Cc1c(Br)c(C(=O)Nc2sc3c(c2C#N)CC[C@H](C)C3)nn1C. The van der Waals surface area contributed by atoms with Crippen LogP contribution >= 0.6 is 27.3 Å². The third kappa shape index (κ3) is 2.81. The lowest BCUT2D eigenvalue weighted by Gasteiger charge is -2.17. The molecule has 1 atom stereocenters. The van der Waals surface area contributed by atoms with E-state index in [1.54, 1.807) is 11.7 Å². The number of nitrogens with zero attached hydrogens (tertiary/aromatic N) is 3. The molecule has 1 aliphatic rings. The van der Waals surface area contributed by atoms with Gasteiger partial charge < -0.3 is 5.32 Å². The van der Waals surface area contributed by atoms with Crippen LogP contribution in [0, 0.1) is 24.2 Å². The van der Waals surface area contributed by atoms with E-state index < -0.39 is 0 Å². The highest BCUT2D eigenvalue weighted by molar-refractivity contribution is 9.10. The van der Waals surface area contributed by atoms with Crippen LogP contribution < -0.4 is 5.32 Å². The molecule has 0 radical (unpaired) electrons. The highest BCUT2D eigenvalue weighted by atomic mass is 79.9. The summed E-state index contributed by atoms with van der Waals surface area (Å²) < 4.78 is 2.34. The molecule has 1 N–H and O–H groups in total. The van der Waals surface area contributed by atoms with E-state index in [9.17, 15) is 10.1 Å². The molecule has 0 aromatic carbocycles. The summed E-state index contributed by atoms with van der Waals surface area (Å²) in [6.45, 7) is 4.11. The van der Waals surface area contributed by atoms with Gasteiger partial charge in [0.1, 0.15) is 11.1 Å². The number of aryl methyl sites for hydroxylation is 1. The average Bonchev–Trinajstić information content (AvgIpc) is 2.98. The van der Waals surface area contributed by atoms with Crippen LogP contribution in [0.4, 0.5) is 5.00 Å². The Bertz CT molecular complexity index is 830. The molecule has 0 aliphatic heterocycles. The van der Waals surface area contributed by atoms with Gasteiger partial charge in [-0.15, -0.1) is 11.3 Å². The number of nitrogens with one attached hydrogen (secondary N) is 1. The molecule has 23 heavy (non-hydrogen) atoms. The summed E-state index contributed by atoms with van der Waals surface area (Å²) in [6, 6.07) is 2.26. The number of carbonyl (C=O) groups is 1. The van der Waals surface area contributed by atoms with Gasteiger partial charge in [-0.05, 0) is 53.6 Å². The smallest absolute Gasteiger partial charge is 0.277 e. The molecular formula is C16H17BrN4OS. The predicted octanol–water partition coefficient (Wildman–Crippen LogP) is 3.80. The van der Waals surface area contributed by atoms with Gasteiger partial charge in [0.15, 0.2) is 5.69 Å². The Morgan fingerprint density at radius 1 is 1.57 bits per heavy atom. The van der Waals surface area contributed by atoms with Crippen LogP contribution in [-0.2, 0) is 19.9 Å². The molecule has 0 saturated heterocycles. The van der Waals surface area contributed by atoms with Crippen LogP contribution in [-0.4, -0.2) is 15.7 Å². The first-order valence-corrected chi connectivity index (χ1v) is 9.08. The summed E-state index contributed by atoms with van der Waals surface area (Å²) in [5.41, 5.74) is 2.96. The standard InChI is InChI=1S/C16H17BrN4OS/c1-8-4-5-10-11(7-18)16(23-12(10)6-8)19-15(22)14-13(17)9(2)21(3)20-14/h8H,4-6H2,1-3H3,(H,19,22)/t8-/m0/s1. The molecule has 7 heteroatoms. The maximum Gasteiger partial charge on any atom is 0.277 e. The third-order valence-electron chi connectivity index (χ3n) is 4.33. The van der Waals surface area contributed by atoms with Crippen molar-refractivity contribution in [2.45, 2.75) is 33.1 Å². The second-order valence-electron chi connectivity index (χ2n) is 5.99. The molecule has 1 amide bonds. The number of thiophene rings is 1. The van der Waals surface area contributed by atoms with Crippen LogP contribution in [0.15, 0.2) is 4.47 Å². The van der Waals surface area contributed by atoms with E-state index >= 15 is 0 Å². The van der Waals surface area contributed by atoms with Gasteiger partial charge >= 0.3 is 0 Å². The number of halogens is 1. The van der Waals surface area contributed by atoms with Crippen molar-refractivity contribution in [1.29, 1.82) is 5.26 Å². The number of carbonyl (C=O) groups excluding carboxylic acids is 1. The lowest BCUT2D eigenvalue weighted by Crippen LogP contribution is -2.13. The molecule has 0 bridgehead atoms. The second kappa shape index (κ2) is 6.10. The number of nitriles is 1. The fourth-order valence-corrected chi connectivity index (χ4v) is 4.72. The predicted molar refractivity (Wildman–Crippen MR) is 93.8 cm³/mol. The molecule has 2 aromatic rings. The average molecular weight is 393 g/mol. The number of aromatic nitrogens is 2. The van der Waals surface area contributed by atoms with E-state index in [1.165, 1.54) is 16.2 Å².